The van der Waals surface area contributed by atoms with Gasteiger partial charge in [-0.3, -0.25) is 0 Å². The molecule has 1 aliphatic heterocycles. The van der Waals surface area contributed by atoms with E-state index in [0.717, 1.165) is 42.4 Å². The van der Waals surface area contributed by atoms with Gasteiger partial charge in [0.15, 0.2) is 0 Å². The third-order valence-corrected chi connectivity index (χ3v) is 5.00. The molecule has 0 amide bonds. The molecule has 5 heteroatoms. The second-order valence-electron chi connectivity index (χ2n) is 5.66. The maximum Gasteiger partial charge on any atom is 0.130 e. The molecule has 0 bridgehead atoms. The van der Waals surface area contributed by atoms with Crippen LogP contribution in [0.2, 0.25) is 0 Å². The van der Waals surface area contributed by atoms with Gasteiger partial charge in [-0.1, -0.05) is 30.3 Å². The summed E-state index contributed by atoms with van der Waals surface area (Å²) in [5, 5.41) is 10.3. The second kappa shape index (κ2) is 6.91. The molecular weight excluding hydrogens is 294 g/mol. The molecule has 1 aromatic heterocycles. The molecule has 114 valence electrons. The van der Waals surface area contributed by atoms with Gasteiger partial charge in [-0.15, -0.1) is 0 Å². The fraction of sp³-hybridized carbons (Fsp3) is 0.412. The predicted molar refractivity (Wildman–Crippen MR) is 88.0 cm³/mol. The van der Waals surface area contributed by atoms with Crippen LogP contribution in [-0.4, -0.2) is 24.1 Å². The highest BCUT2D eigenvalue weighted by molar-refractivity contribution is 7.10. The van der Waals surface area contributed by atoms with Gasteiger partial charge in [0.05, 0.1) is 18.9 Å². The Balaban J connectivity index is 1.51. The molecule has 1 aromatic carbocycles. The first kappa shape index (κ1) is 15.0. The molecule has 0 unspecified atom stereocenters. The number of aromatic nitrogens is 1. The molecule has 2 heterocycles. The van der Waals surface area contributed by atoms with Crippen molar-refractivity contribution in [2.45, 2.75) is 20.0 Å². The highest BCUT2D eigenvalue weighted by Crippen LogP contribution is 2.32. The van der Waals surface area contributed by atoms with Gasteiger partial charge in [-0.25, -0.2) is 0 Å². The Labute approximate surface area is 135 Å². The Bertz CT molecular complexity index is 662. The van der Waals surface area contributed by atoms with Crippen molar-refractivity contribution in [2.75, 3.05) is 24.6 Å². The summed E-state index contributed by atoms with van der Waals surface area (Å²) in [7, 11) is 0. The van der Waals surface area contributed by atoms with E-state index in [-0.39, 0.29) is 0 Å². The van der Waals surface area contributed by atoms with E-state index in [9.17, 15) is 5.26 Å². The van der Waals surface area contributed by atoms with Crippen molar-refractivity contribution in [1.82, 2.24) is 4.37 Å². The molecule has 0 radical (unpaired) electrons. The quantitative estimate of drug-likeness (QED) is 0.849. The van der Waals surface area contributed by atoms with Gasteiger partial charge < -0.3 is 9.64 Å². The first-order valence-electron chi connectivity index (χ1n) is 7.51. The lowest BCUT2D eigenvalue weighted by atomic mass is 10.1. The van der Waals surface area contributed by atoms with Crippen molar-refractivity contribution in [3.63, 3.8) is 0 Å². The molecule has 0 N–H and O–H groups in total. The van der Waals surface area contributed by atoms with Crippen LogP contribution in [0.25, 0.3) is 0 Å². The first-order valence-corrected chi connectivity index (χ1v) is 8.28. The van der Waals surface area contributed by atoms with Crippen LogP contribution in [-0.2, 0) is 11.3 Å². The molecular formula is C17H19N3OS. The smallest absolute Gasteiger partial charge is 0.130 e. The summed E-state index contributed by atoms with van der Waals surface area (Å²) in [6.45, 7) is 5.27. The lowest BCUT2D eigenvalue weighted by Crippen LogP contribution is -2.21. The number of benzene rings is 1. The van der Waals surface area contributed by atoms with Crippen molar-refractivity contribution in [1.29, 1.82) is 5.26 Å². The maximum atomic E-state index is 9.25. The van der Waals surface area contributed by atoms with Crippen LogP contribution in [0.5, 0.6) is 0 Å². The highest BCUT2D eigenvalue weighted by Gasteiger charge is 2.26. The Morgan fingerprint density at radius 1 is 1.41 bits per heavy atom. The van der Waals surface area contributed by atoms with Gasteiger partial charge in [-0.05, 0) is 30.4 Å². The summed E-state index contributed by atoms with van der Waals surface area (Å²) < 4.78 is 10.2. The first-order chi connectivity index (χ1) is 10.8. The number of nitrogens with zero attached hydrogens (tertiary/aromatic N) is 3. The Hall–Kier alpha value is -1.90. The van der Waals surface area contributed by atoms with Crippen LogP contribution in [0.3, 0.4) is 0 Å². The van der Waals surface area contributed by atoms with Crippen molar-refractivity contribution in [3.05, 3.63) is 47.2 Å². The van der Waals surface area contributed by atoms with Crippen LogP contribution >= 0.6 is 11.5 Å². The summed E-state index contributed by atoms with van der Waals surface area (Å²) in [5.74, 6) is 0.526. The minimum atomic E-state index is 0.526. The molecule has 0 saturated carbocycles. The molecule has 1 fully saturated rings. The fourth-order valence-corrected chi connectivity index (χ4v) is 3.65. The van der Waals surface area contributed by atoms with Gasteiger partial charge in [-0.2, -0.15) is 9.64 Å². The number of anilines is 1. The highest BCUT2D eigenvalue weighted by atomic mass is 32.1. The Morgan fingerprint density at radius 2 is 2.23 bits per heavy atom. The minimum absolute atomic E-state index is 0.526. The van der Waals surface area contributed by atoms with E-state index < -0.39 is 0 Å². The van der Waals surface area contributed by atoms with Crippen molar-refractivity contribution in [3.8, 4) is 6.07 Å². The normalized spacial score (nSPS) is 17.6. The van der Waals surface area contributed by atoms with Gasteiger partial charge in [0.25, 0.3) is 0 Å². The third kappa shape index (κ3) is 3.29. The molecule has 1 saturated heterocycles. The summed E-state index contributed by atoms with van der Waals surface area (Å²) in [6.07, 6.45) is 1.11. The molecule has 2 aromatic rings. The number of ether oxygens (including phenoxy) is 1. The molecule has 1 aliphatic rings. The lowest BCUT2D eigenvalue weighted by molar-refractivity contribution is 0.0929. The molecule has 4 nitrogen and oxygen atoms in total. The van der Waals surface area contributed by atoms with Crippen LogP contribution in [0.4, 0.5) is 5.00 Å². The third-order valence-electron chi connectivity index (χ3n) is 3.99. The number of rotatable bonds is 5. The average Bonchev–Trinajstić information content (AvgIpc) is 3.14. The second-order valence-corrected chi connectivity index (χ2v) is 6.41. The zero-order chi connectivity index (χ0) is 15.4. The standard InChI is InChI=1S/C17H19N3OS/c1-13-16(9-18)17(22-19-13)20-8-7-15(10-20)12-21-11-14-5-3-2-4-6-14/h2-6,15H,7-8,10-12H2,1H3/t15-/m0/s1. The summed E-state index contributed by atoms with van der Waals surface area (Å²) in [4.78, 5) is 2.28. The molecule has 0 spiro atoms. The Morgan fingerprint density at radius 3 is 3.00 bits per heavy atom. The SMILES string of the molecule is Cc1nsc(N2CC[C@H](COCc3ccccc3)C2)c1C#N. The molecule has 1 atom stereocenters. The van der Waals surface area contributed by atoms with Crippen LogP contribution in [0.1, 0.15) is 23.2 Å². The van der Waals surface area contributed by atoms with E-state index in [0.29, 0.717) is 12.5 Å². The van der Waals surface area contributed by atoms with Crippen molar-refractivity contribution in [2.24, 2.45) is 5.92 Å². The number of aryl methyl sites for hydroxylation is 1. The van der Waals surface area contributed by atoms with E-state index in [4.69, 9.17) is 4.74 Å². The molecule has 22 heavy (non-hydrogen) atoms. The van der Waals surface area contributed by atoms with E-state index in [1.165, 1.54) is 17.1 Å². The summed E-state index contributed by atoms with van der Waals surface area (Å²) >= 11 is 1.43. The van der Waals surface area contributed by atoms with E-state index in [1.807, 2.05) is 25.1 Å². The number of hydrogen-bond donors (Lipinski definition) is 0. The predicted octanol–water partition coefficient (Wildman–Crippen LogP) is 3.37. The monoisotopic (exact) mass is 313 g/mol. The van der Waals surface area contributed by atoms with Gasteiger partial charge in [0, 0.05) is 19.0 Å². The van der Waals surface area contributed by atoms with E-state index in [1.54, 1.807) is 0 Å². The fourth-order valence-electron chi connectivity index (χ4n) is 2.77. The van der Waals surface area contributed by atoms with Crippen LogP contribution in [0, 0.1) is 24.2 Å². The van der Waals surface area contributed by atoms with Gasteiger partial charge >= 0.3 is 0 Å². The van der Waals surface area contributed by atoms with Gasteiger partial charge in [0.1, 0.15) is 16.6 Å². The van der Waals surface area contributed by atoms with Crippen molar-refractivity contribution < 1.29 is 4.74 Å². The van der Waals surface area contributed by atoms with E-state index >= 15 is 0 Å². The average molecular weight is 313 g/mol. The van der Waals surface area contributed by atoms with E-state index in [2.05, 4.69) is 27.5 Å². The zero-order valence-corrected chi connectivity index (χ0v) is 13.5. The number of nitriles is 1. The largest absolute Gasteiger partial charge is 0.376 e. The Kier molecular flexibility index (Phi) is 4.71. The van der Waals surface area contributed by atoms with Crippen LogP contribution in [0.15, 0.2) is 30.3 Å². The zero-order valence-electron chi connectivity index (χ0n) is 12.7. The molecule has 3 rings (SSSR count). The topological polar surface area (TPSA) is 49.2 Å². The van der Waals surface area contributed by atoms with Gasteiger partial charge in [0.2, 0.25) is 0 Å². The summed E-state index contributed by atoms with van der Waals surface area (Å²) in [6, 6.07) is 12.5. The van der Waals surface area contributed by atoms with Crippen LogP contribution < -0.4 is 4.90 Å². The lowest BCUT2D eigenvalue weighted by Gasteiger charge is -2.16. The van der Waals surface area contributed by atoms with Crippen molar-refractivity contribution >= 4 is 16.5 Å². The minimum Gasteiger partial charge on any atom is -0.376 e. The summed E-state index contributed by atoms with van der Waals surface area (Å²) in [5.41, 5.74) is 2.78. The molecule has 0 aliphatic carbocycles. The number of hydrogen-bond acceptors (Lipinski definition) is 5. The maximum absolute atomic E-state index is 9.25.